The Bertz CT molecular complexity index is 759. The molecule has 0 saturated carbocycles. The number of halogens is 1. The molecule has 0 heterocycles. The van der Waals surface area contributed by atoms with Gasteiger partial charge in [-0.05, 0) is 24.3 Å². The number of ether oxygens (including phenoxy) is 5. The van der Waals surface area contributed by atoms with Gasteiger partial charge >= 0.3 is 5.97 Å². The quantitative estimate of drug-likeness (QED) is 0.646. The Kier molecular flexibility index (Phi) is 6.52. The molecule has 0 bridgehead atoms. The average molecular weight is 411 g/mol. The van der Waals surface area contributed by atoms with Gasteiger partial charge in [0.25, 0.3) is 0 Å². The third-order valence-corrected chi connectivity index (χ3v) is 4.27. The summed E-state index contributed by atoms with van der Waals surface area (Å²) in [5, 5.41) is 0. The van der Waals surface area contributed by atoms with Crippen molar-refractivity contribution in [1.82, 2.24) is 0 Å². The van der Waals surface area contributed by atoms with Crippen molar-refractivity contribution in [1.29, 1.82) is 0 Å². The van der Waals surface area contributed by atoms with Gasteiger partial charge in [0.15, 0.2) is 23.0 Å². The number of para-hydroxylation sites is 1. The van der Waals surface area contributed by atoms with Crippen molar-refractivity contribution in [3.05, 3.63) is 45.9 Å². The van der Waals surface area contributed by atoms with E-state index in [0.29, 0.717) is 28.6 Å². The van der Waals surface area contributed by atoms with Gasteiger partial charge in [-0.2, -0.15) is 0 Å². The molecule has 0 radical (unpaired) electrons. The number of rotatable bonds is 7. The molecule has 2 aromatic rings. The smallest absolute Gasteiger partial charge is 0.342 e. The van der Waals surface area contributed by atoms with Crippen molar-refractivity contribution in [2.75, 3.05) is 28.4 Å². The van der Waals surface area contributed by atoms with Crippen LogP contribution in [0.3, 0.4) is 0 Å². The van der Waals surface area contributed by atoms with Crippen LogP contribution in [0.15, 0.2) is 34.8 Å². The maximum atomic E-state index is 12.4. The number of carbonyl (C=O) groups is 1. The normalized spacial score (nSPS) is 10.1. The lowest BCUT2D eigenvalue weighted by Crippen LogP contribution is -2.08. The van der Waals surface area contributed by atoms with Gasteiger partial charge in [0.2, 0.25) is 0 Å². The zero-order valence-corrected chi connectivity index (χ0v) is 16.0. The molecule has 0 spiro atoms. The van der Waals surface area contributed by atoms with Crippen LogP contribution in [0.1, 0.15) is 15.9 Å². The van der Waals surface area contributed by atoms with E-state index in [2.05, 4.69) is 15.9 Å². The number of benzene rings is 2. The van der Waals surface area contributed by atoms with Crippen LogP contribution in [0, 0.1) is 0 Å². The molecule has 0 aromatic heterocycles. The molecule has 0 unspecified atom stereocenters. The monoisotopic (exact) mass is 410 g/mol. The second kappa shape index (κ2) is 8.62. The predicted octanol–water partition coefficient (Wildman–Crippen LogP) is 3.84. The highest BCUT2D eigenvalue weighted by atomic mass is 79.9. The third-order valence-electron chi connectivity index (χ3n) is 3.53. The van der Waals surface area contributed by atoms with Crippen LogP contribution in [-0.2, 0) is 11.3 Å². The van der Waals surface area contributed by atoms with E-state index in [1.54, 1.807) is 44.6 Å². The maximum Gasteiger partial charge on any atom is 0.342 e. The fourth-order valence-electron chi connectivity index (χ4n) is 2.28. The lowest BCUT2D eigenvalue weighted by molar-refractivity contribution is 0.0467. The summed E-state index contributed by atoms with van der Waals surface area (Å²) in [6, 6.07) is 8.53. The molecular formula is C18H19BrO6. The number of hydrogen-bond acceptors (Lipinski definition) is 6. The van der Waals surface area contributed by atoms with Gasteiger partial charge in [-0.25, -0.2) is 4.79 Å². The molecule has 0 N–H and O–H groups in total. The van der Waals surface area contributed by atoms with Gasteiger partial charge in [0, 0.05) is 10.0 Å². The van der Waals surface area contributed by atoms with Gasteiger partial charge in [-0.3, -0.25) is 0 Å². The van der Waals surface area contributed by atoms with E-state index >= 15 is 0 Å². The van der Waals surface area contributed by atoms with E-state index in [9.17, 15) is 4.79 Å². The Morgan fingerprint density at radius 3 is 2.16 bits per heavy atom. The third kappa shape index (κ3) is 4.17. The summed E-state index contributed by atoms with van der Waals surface area (Å²) in [6.45, 7) is 0.0557. The lowest BCUT2D eigenvalue weighted by atomic mass is 10.2. The summed E-state index contributed by atoms with van der Waals surface area (Å²) in [5.41, 5.74) is 1.03. The molecule has 0 fully saturated rings. The van der Waals surface area contributed by atoms with Crippen molar-refractivity contribution in [3.8, 4) is 23.0 Å². The molecule has 0 atom stereocenters. The van der Waals surface area contributed by atoms with E-state index in [1.807, 2.05) is 0 Å². The minimum absolute atomic E-state index is 0.0557. The number of esters is 1. The van der Waals surface area contributed by atoms with Crippen LogP contribution in [-0.4, -0.2) is 34.4 Å². The summed E-state index contributed by atoms with van der Waals surface area (Å²) in [4.78, 5) is 12.4. The second-order valence-electron chi connectivity index (χ2n) is 4.92. The van der Waals surface area contributed by atoms with Crippen LogP contribution >= 0.6 is 15.9 Å². The molecule has 6 nitrogen and oxygen atoms in total. The molecule has 0 aliphatic heterocycles. The minimum atomic E-state index is -0.516. The molecule has 0 aliphatic rings. The minimum Gasteiger partial charge on any atom is -0.493 e. The first-order chi connectivity index (χ1) is 12.0. The van der Waals surface area contributed by atoms with Crippen molar-refractivity contribution in [2.45, 2.75) is 6.61 Å². The highest BCUT2D eigenvalue weighted by Gasteiger charge is 2.18. The van der Waals surface area contributed by atoms with Crippen molar-refractivity contribution in [2.24, 2.45) is 0 Å². The molecule has 0 aliphatic carbocycles. The van der Waals surface area contributed by atoms with Gasteiger partial charge in [0.1, 0.15) is 12.2 Å². The molecule has 0 amide bonds. The van der Waals surface area contributed by atoms with Crippen LogP contribution in [0.2, 0.25) is 0 Å². The van der Waals surface area contributed by atoms with E-state index in [0.717, 1.165) is 10.0 Å². The first kappa shape index (κ1) is 18.9. The zero-order valence-electron chi connectivity index (χ0n) is 14.4. The van der Waals surface area contributed by atoms with Crippen molar-refractivity contribution < 1.29 is 28.5 Å². The average Bonchev–Trinajstić information content (AvgIpc) is 2.65. The Labute approximate surface area is 154 Å². The van der Waals surface area contributed by atoms with Crippen LogP contribution in [0.5, 0.6) is 23.0 Å². The van der Waals surface area contributed by atoms with Gasteiger partial charge < -0.3 is 23.7 Å². The standard InChI is InChI=1S/C18H19BrO6/c1-21-14-7-5-6-12(17(14)24-4)18(20)25-10-11-8-15(22-2)16(23-3)9-13(11)19/h5-9H,10H2,1-4H3. The summed E-state index contributed by atoms with van der Waals surface area (Å²) in [7, 11) is 6.08. The molecule has 7 heteroatoms. The zero-order chi connectivity index (χ0) is 18.4. The van der Waals surface area contributed by atoms with Gasteiger partial charge in [-0.1, -0.05) is 22.0 Å². The van der Waals surface area contributed by atoms with Crippen LogP contribution < -0.4 is 18.9 Å². The Balaban J connectivity index is 2.21. The van der Waals surface area contributed by atoms with Crippen molar-refractivity contribution >= 4 is 21.9 Å². The van der Waals surface area contributed by atoms with Gasteiger partial charge in [-0.15, -0.1) is 0 Å². The first-order valence-electron chi connectivity index (χ1n) is 7.34. The van der Waals surface area contributed by atoms with E-state index in [4.69, 9.17) is 23.7 Å². The van der Waals surface area contributed by atoms with E-state index < -0.39 is 5.97 Å². The molecule has 134 valence electrons. The van der Waals surface area contributed by atoms with Crippen molar-refractivity contribution in [3.63, 3.8) is 0 Å². The summed E-state index contributed by atoms with van der Waals surface area (Å²) in [6.07, 6.45) is 0. The predicted molar refractivity (Wildman–Crippen MR) is 95.9 cm³/mol. The fourth-order valence-corrected chi connectivity index (χ4v) is 2.71. The van der Waals surface area contributed by atoms with Crippen LogP contribution in [0.25, 0.3) is 0 Å². The Morgan fingerprint density at radius 1 is 0.920 bits per heavy atom. The Morgan fingerprint density at radius 2 is 1.56 bits per heavy atom. The maximum absolute atomic E-state index is 12.4. The number of carbonyl (C=O) groups excluding carboxylic acids is 1. The largest absolute Gasteiger partial charge is 0.493 e. The van der Waals surface area contributed by atoms with E-state index in [1.165, 1.54) is 14.2 Å². The second-order valence-corrected chi connectivity index (χ2v) is 5.77. The molecule has 25 heavy (non-hydrogen) atoms. The fraction of sp³-hybridized carbons (Fsp3) is 0.278. The first-order valence-corrected chi connectivity index (χ1v) is 8.13. The molecule has 2 rings (SSSR count). The summed E-state index contributed by atoms with van der Waals surface area (Å²) >= 11 is 3.44. The highest BCUT2D eigenvalue weighted by molar-refractivity contribution is 9.10. The topological polar surface area (TPSA) is 63.2 Å². The number of methoxy groups -OCH3 is 4. The van der Waals surface area contributed by atoms with E-state index in [-0.39, 0.29) is 6.61 Å². The summed E-state index contributed by atoms with van der Waals surface area (Å²) < 4.78 is 27.1. The number of hydrogen-bond donors (Lipinski definition) is 0. The van der Waals surface area contributed by atoms with Gasteiger partial charge in [0.05, 0.1) is 28.4 Å². The molecule has 2 aromatic carbocycles. The van der Waals surface area contributed by atoms with Crippen LogP contribution in [0.4, 0.5) is 0 Å². The lowest BCUT2D eigenvalue weighted by Gasteiger charge is -2.14. The highest BCUT2D eigenvalue weighted by Crippen LogP contribution is 2.34. The Hall–Kier alpha value is -2.41. The molecule has 0 saturated heterocycles. The SMILES string of the molecule is COc1cc(Br)c(COC(=O)c2cccc(OC)c2OC)cc1OC. The summed E-state index contributed by atoms with van der Waals surface area (Å²) in [5.74, 6) is 1.41. The molecular weight excluding hydrogens is 392 g/mol.